The third-order valence-electron chi connectivity index (χ3n) is 2.95. The molecule has 0 aliphatic carbocycles. The Hall–Kier alpha value is -1.27. The number of aliphatic hydroxyl groups is 1. The third-order valence-corrected chi connectivity index (χ3v) is 2.95. The Bertz CT molecular complexity index is 434. The molecule has 18 heavy (non-hydrogen) atoms. The molecule has 2 unspecified atom stereocenters. The monoisotopic (exact) mass is 261 g/mol. The zero-order chi connectivity index (χ0) is 13.3. The van der Waals surface area contributed by atoms with Crippen LogP contribution < -0.4 is 5.32 Å². The van der Waals surface area contributed by atoms with Gasteiger partial charge in [-0.1, -0.05) is 6.07 Å². The molecule has 1 aliphatic rings. The summed E-state index contributed by atoms with van der Waals surface area (Å²) in [6.45, 7) is 1.91. The topological polar surface area (TPSA) is 41.5 Å². The summed E-state index contributed by atoms with van der Waals surface area (Å²) in [7, 11) is 0. The Morgan fingerprint density at radius 1 is 1.33 bits per heavy atom. The summed E-state index contributed by atoms with van der Waals surface area (Å²) in [5, 5.41) is 12.4. The molecule has 0 saturated carbocycles. The molecule has 3 nitrogen and oxygen atoms in total. The van der Waals surface area contributed by atoms with Gasteiger partial charge in [0.05, 0.1) is 30.9 Å². The lowest BCUT2D eigenvalue weighted by molar-refractivity contribution is -0.138. The lowest BCUT2D eigenvalue weighted by Crippen LogP contribution is -2.31. The molecule has 100 valence electrons. The van der Waals surface area contributed by atoms with E-state index in [-0.39, 0.29) is 24.8 Å². The van der Waals surface area contributed by atoms with Crippen molar-refractivity contribution in [3.63, 3.8) is 0 Å². The summed E-state index contributed by atoms with van der Waals surface area (Å²) >= 11 is 0. The maximum Gasteiger partial charge on any atom is 0.416 e. The fourth-order valence-electron chi connectivity index (χ4n) is 1.91. The number of nitrogens with one attached hydrogen (secondary N) is 1. The van der Waals surface area contributed by atoms with Crippen LogP contribution in [0.3, 0.4) is 0 Å². The van der Waals surface area contributed by atoms with E-state index in [1.54, 1.807) is 6.07 Å². The van der Waals surface area contributed by atoms with E-state index in [4.69, 9.17) is 4.74 Å². The van der Waals surface area contributed by atoms with Gasteiger partial charge < -0.3 is 15.2 Å². The SMILES string of the molecule is Cc1ccc(NC2COCC2O)cc1C(F)(F)F. The number of hydrogen-bond donors (Lipinski definition) is 2. The maximum absolute atomic E-state index is 12.7. The largest absolute Gasteiger partial charge is 0.416 e. The van der Waals surface area contributed by atoms with Gasteiger partial charge in [0.2, 0.25) is 0 Å². The van der Waals surface area contributed by atoms with Crippen molar-refractivity contribution in [3.8, 4) is 0 Å². The Morgan fingerprint density at radius 2 is 2.06 bits per heavy atom. The summed E-state index contributed by atoms with van der Waals surface area (Å²) in [6, 6.07) is 3.66. The highest BCUT2D eigenvalue weighted by atomic mass is 19.4. The highest BCUT2D eigenvalue weighted by molar-refractivity contribution is 5.50. The van der Waals surface area contributed by atoms with Crippen molar-refractivity contribution in [2.75, 3.05) is 18.5 Å². The van der Waals surface area contributed by atoms with E-state index in [1.165, 1.54) is 13.0 Å². The van der Waals surface area contributed by atoms with E-state index in [9.17, 15) is 18.3 Å². The predicted molar refractivity (Wildman–Crippen MR) is 60.4 cm³/mol. The van der Waals surface area contributed by atoms with Crippen LogP contribution in [0.25, 0.3) is 0 Å². The number of halogens is 3. The summed E-state index contributed by atoms with van der Waals surface area (Å²) < 4.78 is 43.2. The fourth-order valence-corrected chi connectivity index (χ4v) is 1.91. The van der Waals surface area contributed by atoms with Crippen molar-refractivity contribution in [2.24, 2.45) is 0 Å². The number of ether oxygens (including phenoxy) is 1. The number of aryl methyl sites for hydroxylation is 1. The third kappa shape index (κ3) is 2.76. The lowest BCUT2D eigenvalue weighted by Gasteiger charge is -2.18. The van der Waals surface area contributed by atoms with E-state index in [1.807, 2.05) is 0 Å². The van der Waals surface area contributed by atoms with E-state index in [2.05, 4.69) is 5.32 Å². The molecule has 1 saturated heterocycles. The molecule has 0 bridgehead atoms. The van der Waals surface area contributed by atoms with Crippen molar-refractivity contribution >= 4 is 5.69 Å². The van der Waals surface area contributed by atoms with Gasteiger partial charge in [0.25, 0.3) is 0 Å². The molecule has 0 radical (unpaired) electrons. The smallest absolute Gasteiger partial charge is 0.388 e. The van der Waals surface area contributed by atoms with E-state index in [0.717, 1.165) is 6.07 Å². The highest BCUT2D eigenvalue weighted by Crippen LogP contribution is 2.33. The molecule has 0 amide bonds. The van der Waals surface area contributed by atoms with Crippen molar-refractivity contribution < 1.29 is 23.0 Å². The number of alkyl halides is 3. The molecule has 1 heterocycles. The minimum absolute atomic E-state index is 0.177. The normalized spacial score (nSPS) is 24.3. The first-order valence-corrected chi connectivity index (χ1v) is 5.58. The Kier molecular flexibility index (Phi) is 3.49. The van der Waals surface area contributed by atoms with Crippen molar-refractivity contribution in [1.29, 1.82) is 0 Å². The van der Waals surface area contributed by atoms with Gasteiger partial charge in [-0.3, -0.25) is 0 Å². The number of hydrogen-bond acceptors (Lipinski definition) is 3. The van der Waals surface area contributed by atoms with Gasteiger partial charge in [0, 0.05) is 5.69 Å². The first-order valence-electron chi connectivity index (χ1n) is 5.58. The predicted octanol–water partition coefficient (Wildman–Crippen LogP) is 2.19. The summed E-state index contributed by atoms with van der Waals surface area (Å²) in [5.41, 5.74) is -0.153. The number of aliphatic hydroxyl groups excluding tert-OH is 1. The molecule has 2 atom stereocenters. The zero-order valence-electron chi connectivity index (χ0n) is 9.79. The molecule has 2 N–H and O–H groups in total. The van der Waals surface area contributed by atoms with Gasteiger partial charge in [-0.2, -0.15) is 13.2 Å². The molecule has 6 heteroatoms. The molecule has 1 fully saturated rings. The maximum atomic E-state index is 12.7. The highest BCUT2D eigenvalue weighted by Gasteiger charge is 2.33. The standard InChI is InChI=1S/C12H14F3NO2/c1-7-2-3-8(4-9(7)12(13,14)15)16-10-5-18-6-11(10)17/h2-4,10-11,16-17H,5-6H2,1H3. The van der Waals surface area contributed by atoms with E-state index in [0.29, 0.717) is 5.69 Å². The molecule has 0 spiro atoms. The van der Waals surface area contributed by atoms with Crippen LogP contribution in [-0.4, -0.2) is 30.5 Å². The number of rotatable bonds is 2. The van der Waals surface area contributed by atoms with E-state index < -0.39 is 17.8 Å². The van der Waals surface area contributed by atoms with Crippen LogP contribution >= 0.6 is 0 Å². The van der Waals surface area contributed by atoms with Crippen LogP contribution in [0, 0.1) is 6.92 Å². The molecule has 2 rings (SSSR count). The molecule has 0 aromatic heterocycles. The van der Waals surface area contributed by atoms with Crippen LogP contribution in [0.1, 0.15) is 11.1 Å². The minimum atomic E-state index is -4.37. The Morgan fingerprint density at radius 3 is 2.61 bits per heavy atom. The van der Waals surface area contributed by atoms with Crippen molar-refractivity contribution in [1.82, 2.24) is 0 Å². The van der Waals surface area contributed by atoms with Crippen molar-refractivity contribution in [2.45, 2.75) is 25.2 Å². The second kappa shape index (κ2) is 4.78. The van der Waals surface area contributed by atoms with Crippen molar-refractivity contribution in [3.05, 3.63) is 29.3 Å². The summed E-state index contributed by atoms with van der Waals surface area (Å²) in [4.78, 5) is 0. The number of anilines is 1. The van der Waals surface area contributed by atoms with Gasteiger partial charge in [0.1, 0.15) is 0 Å². The quantitative estimate of drug-likeness (QED) is 0.857. The minimum Gasteiger partial charge on any atom is -0.388 e. The van der Waals surface area contributed by atoms with Gasteiger partial charge >= 0.3 is 6.18 Å². The van der Waals surface area contributed by atoms with E-state index >= 15 is 0 Å². The Balaban J connectivity index is 2.19. The average molecular weight is 261 g/mol. The first-order chi connectivity index (χ1) is 8.38. The fraction of sp³-hybridized carbons (Fsp3) is 0.500. The molecule has 1 aromatic carbocycles. The number of benzene rings is 1. The Labute approximate surface area is 103 Å². The average Bonchev–Trinajstić information content (AvgIpc) is 2.66. The summed E-state index contributed by atoms with van der Waals surface area (Å²) in [5.74, 6) is 0. The van der Waals surface area contributed by atoms with Crippen LogP contribution in [0.4, 0.5) is 18.9 Å². The van der Waals surface area contributed by atoms with Gasteiger partial charge in [-0.25, -0.2) is 0 Å². The van der Waals surface area contributed by atoms with Crippen LogP contribution in [0.5, 0.6) is 0 Å². The van der Waals surface area contributed by atoms with Crippen LogP contribution in [0.15, 0.2) is 18.2 Å². The second-order valence-electron chi connectivity index (χ2n) is 4.38. The van der Waals surface area contributed by atoms with Gasteiger partial charge in [-0.05, 0) is 24.6 Å². The van der Waals surface area contributed by atoms with Crippen LogP contribution in [-0.2, 0) is 10.9 Å². The summed E-state index contributed by atoms with van der Waals surface area (Å²) in [6.07, 6.45) is -5.06. The second-order valence-corrected chi connectivity index (χ2v) is 4.38. The molecular weight excluding hydrogens is 247 g/mol. The first kappa shape index (κ1) is 13.2. The van der Waals surface area contributed by atoms with Crippen LogP contribution in [0.2, 0.25) is 0 Å². The van der Waals surface area contributed by atoms with Gasteiger partial charge in [0.15, 0.2) is 0 Å². The molecule has 1 aromatic rings. The molecular formula is C12H14F3NO2. The zero-order valence-corrected chi connectivity index (χ0v) is 9.79. The molecule has 1 aliphatic heterocycles. The lowest BCUT2D eigenvalue weighted by atomic mass is 10.1. The van der Waals surface area contributed by atoms with Gasteiger partial charge in [-0.15, -0.1) is 0 Å².